The van der Waals surface area contributed by atoms with Crippen molar-refractivity contribution < 1.29 is 0 Å². The van der Waals surface area contributed by atoms with Crippen LogP contribution in [0, 0.1) is 11.3 Å². The molecule has 2 heterocycles. The number of rotatable bonds is 3. The highest BCUT2D eigenvalue weighted by molar-refractivity contribution is 5.63. The summed E-state index contributed by atoms with van der Waals surface area (Å²) in [6, 6.07) is 5.79. The molecule has 0 fully saturated rings. The van der Waals surface area contributed by atoms with Crippen molar-refractivity contribution >= 4 is 0 Å². The van der Waals surface area contributed by atoms with Crippen LogP contribution < -0.4 is 0 Å². The van der Waals surface area contributed by atoms with E-state index in [4.69, 9.17) is 5.26 Å². The van der Waals surface area contributed by atoms with Crippen molar-refractivity contribution in [1.29, 1.82) is 5.26 Å². The third kappa shape index (κ3) is 1.77. The van der Waals surface area contributed by atoms with Crippen molar-refractivity contribution in [3.05, 3.63) is 30.2 Å². The highest BCUT2D eigenvalue weighted by Gasteiger charge is 2.13. The Balaban J connectivity index is 2.54. The van der Waals surface area contributed by atoms with Crippen LogP contribution in [-0.2, 0) is 6.54 Å². The van der Waals surface area contributed by atoms with E-state index >= 15 is 0 Å². The highest BCUT2D eigenvalue weighted by Crippen LogP contribution is 2.20. The summed E-state index contributed by atoms with van der Waals surface area (Å²) in [4.78, 5) is 4.04. The lowest BCUT2D eigenvalue weighted by molar-refractivity contribution is 0.584. The van der Waals surface area contributed by atoms with Gasteiger partial charge in [0.15, 0.2) is 5.69 Å². The maximum Gasteiger partial charge on any atom is 0.190 e. The molecule has 0 saturated heterocycles. The number of hydrogen-bond donors (Lipinski definition) is 0. The van der Waals surface area contributed by atoms with Crippen LogP contribution >= 0.6 is 0 Å². The van der Waals surface area contributed by atoms with Crippen LogP contribution in [0.15, 0.2) is 24.5 Å². The molecule has 0 unspecified atom stereocenters. The van der Waals surface area contributed by atoms with Crippen LogP contribution in [-0.4, -0.2) is 20.0 Å². The summed E-state index contributed by atoms with van der Waals surface area (Å²) in [5, 5.41) is 16.8. The number of pyridine rings is 1. The second-order valence-electron chi connectivity index (χ2n) is 3.36. The SMILES string of the molecule is CCCn1nnc(C#N)c1-c1cccnc1. The van der Waals surface area contributed by atoms with Crippen molar-refractivity contribution in [2.75, 3.05) is 0 Å². The van der Waals surface area contributed by atoms with Gasteiger partial charge in [0.1, 0.15) is 11.8 Å². The minimum atomic E-state index is 0.349. The number of nitrogens with zero attached hydrogens (tertiary/aromatic N) is 5. The minimum Gasteiger partial charge on any atom is -0.264 e. The van der Waals surface area contributed by atoms with E-state index < -0.39 is 0 Å². The average Bonchev–Trinajstić information content (AvgIpc) is 2.74. The van der Waals surface area contributed by atoms with Crippen molar-refractivity contribution in [2.24, 2.45) is 0 Å². The molecule has 2 aromatic rings. The molecule has 0 spiro atoms. The molecule has 0 aliphatic carbocycles. The summed E-state index contributed by atoms with van der Waals surface area (Å²) in [6.45, 7) is 2.81. The monoisotopic (exact) mass is 213 g/mol. The van der Waals surface area contributed by atoms with Gasteiger partial charge < -0.3 is 0 Å². The van der Waals surface area contributed by atoms with Gasteiger partial charge in [-0.2, -0.15) is 5.26 Å². The van der Waals surface area contributed by atoms with Gasteiger partial charge in [0, 0.05) is 24.5 Å². The van der Waals surface area contributed by atoms with Crippen LogP contribution in [0.1, 0.15) is 19.0 Å². The lowest BCUT2D eigenvalue weighted by atomic mass is 10.2. The summed E-state index contributed by atoms with van der Waals surface area (Å²) in [5.74, 6) is 0. The topological polar surface area (TPSA) is 67.4 Å². The zero-order chi connectivity index (χ0) is 11.4. The van der Waals surface area contributed by atoms with Crippen molar-refractivity contribution in [1.82, 2.24) is 20.0 Å². The van der Waals surface area contributed by atoms with E-state index in [1.807, 2.05) is 12.1 Å². The molecule has 5 nitrogen and oxygen atoms in total. The molecule has 0 aromatic carbocycles. The first-order valence-corrected chi connectivity index (χ1v) is 5.10. The van der Waals surface area contributed by atoms with E-state index in [-0.39, 0.29) is 0 Å². The number of aryl methyl sites for hydroxylation is 1. The lowest BCUT2D eigenvalue weighted by Gasteiger charge is -2.03. The Hall–Kier alpha value is -2.22. The Labute approximate surface area is 93.4 Å². The zero-order valence-corrected chi connectivity index (χ0v) is 8.96. The maximum absolute atomic E-state index is 8.98. The molecule has 2 rings (SSSR count). The van der Waals surface area contributed by atoms with Crippen molar-refractivity contribution in [3.8, 4) is 17.3 Å². The van der Waals surface area contributed by atoms with Crippen LogP contribution in [0.2, 0.25) is 0 Å². The first kappa shape index (κ1) is 10.3. The van der Waals surface area contributed by atoms with Gasteiger partial charge in [-0.1, -0.05) is 12.1 Å². The van der Waals surface area contributed by atoms with E-state index in [0.717, 1.165) is 24.2 Å². The molecule has 0 bridgehead atoms. The second-order valence-corrected chi connectivity index (χ2v) is 3.36. The van der Waals surface area contributed by atoms with Crippen LogP contribution in [0.4, 0.5) is 0 Å². The molecule has 0 amide bonds. The largest absolute Gasteiger partial charge is 0.264 e. The summed E-state index contributed by atoms with van der Waals surface area (Å²) in [5.41, 5.74) is 1.97. The summed E-state index contributed by atoms with van der Waals surface area (Å²) >= 11 is 0. The van der Waals surface area contributed by atoms with Gasteiger partial charge in [-0.15, -0.1) is 5.10 Å². The van der Waals surface area contributed by atoms with E-state index in [0.29, 0.717) is 5.69 Å². The molecule has 2 aromatic heterocycles. The summed E-state index contributed by atoms with van der Waals surface area (Å²) in [6.07, 6.45) is 4.36. The van der Waals surface area contributed by atoms with E-state index in [1.54, 1.807) is 17.1 Å². The number of aromatic nitrogens is 4. The van der Waals surface area contributed by atoms with Gasteiger partial charge in [-0.3, -0.25) is 4.98 Å². The summed E-state index contributed by atoms with van der Waals surface area (Å²) in [7, 11) is 0. The summed E-state index contributed by atoms with van der Waals surface area (Å²) < 4.78 is 1.75. The van der Waals surface area contributed by atoms with Gasteiger partial charge in [0.25, 0.3) is 0 Å². The first-order chi connectivity index (χ1) is 7.86. The zero-order valence-electron chi connectivity index (χ0n) is 8.96. The predicted molar refractivity (Wildman–Crippen MR) is 58.3 cm³/mol. The van der Waals surface area contributed by atoms with Gasteiger partial charge in [0.2, 0.25) is 0 Å². The standard InChI is InChI=1S/C11H11N5/c1-2-6-16-11(10(7-12)14-15-16)9-4-3-5-13-8-9/h3-5,8H,2,6H2,1H3. The fourth-order valence-electron chi connectivity index (χ4n) is 1.55. The minimum absolute atomic E-state index is 0.349. The quantitative estimate of drug-likeness (QED) is 0.777. The molecule has 0 aliphatic heterocycles. The Kier molecular flexibility index (Phi) is 2.92. The molecule has 0 saturated carbocycles. The smallest absolute Gasteiger partial charge is 0.190 e. The van der Waals surface area contributed by atoms with Gasteiger partial charge in [-0.25, -0.2) is 4.68 Å². The average molecular weight is 213 g/mol. The molecule has 16 heavy (non-hydrogen) atoms. The van der Waals surface area contributed by atoms with Crippen LogP contribution in [0.5, 0.6) is 0 Å². The fourth-order valence-corrected chi connectivity index (χ4v) is 1.55. The lowest BCUT2D eigenvalue weighted by Crippen LogP contribution is -2.02. The molecule has 80 valence electrons. The molecular formula is C11H11N5. The van der Waals surface area contributed by atoms with Crippen LogP contribution in [0.3, 0.4) is 0 Å². The normalized spacial score (nSPS) is 10.0. The Bertz CT molecular complexity index is 509. The van der Waals surface area contributed by atoms with Crippen molar-refractivity contribution in [2.45, 2.75) is 19.9 Å². The molecule has 0 radical (unpaired) electrons. The second kappa shape index (κ2) is 4.53. The fraction of sp³-hybridized carbons (Fsp3) is 0.273. The third-order valence-electron chi connectivity index (χ3n) is 2.21. The van der Waals surface area contributed by atoms with E-state index in [9.17, 15) is 0 Å². The Morgan fingerprint density at radius 1 is 1.50 bits per heavy atom. The van der Waals surface area contributed by atoms with Crippen LogP contribution in [0.25, 0.3) is 11.3 Å². The van der Waals surface area contributed by atoms with Gasteiger partial charge in [-0.05, 0) is 18.6 Å². The number of hydrogen-bond acceptors (Lipinski definition) is 4. The predicted octanol–water partition coefficient (Wildman–Crippen LogP) is 1.62. The molecule has 0 atom stereocenters. The van der Waals surface area contributed by atoms with Gasteiger partial charge in [0.05, 0.1) is 0 Å². The molecule has 5 heteroatoms. The molecule has 0 aliphatic rings. The number of nitriles is 1. The Morgan fingerprint density at radius 2 is 2.38 bits per heavy atom. The van der Waals surface area contributed by atoms with E-state index in [1.165, 1.54) is 0 Å². The van der Waals surface area contributed by atoms with Crippen molar-refractivity contribution in [3.63, 3.8) is 0 Å². The first-order valence-electron chi connectivity index (χ1n) is 5.10. The van der Waals surface area contributed by atoms with E-state index in [2.05, 4.69) is 28.3 Å². The molecular weight excluding hydrogens is 202 g/mol. The third-order valence-corrected chi connectivity index (χ3v) is 2.21. The van der Waals surface area contributed by atoms with Gasteiger partial charge >= 0.3 is 0 Å². The highest BCUT2D eigenvalue weighted by atomic mass is 15.4. The Morgan fingerprint density at radius 3 is 3.00 bits per heavy atom. The maximum atomic E-state index is 8.98. The molecule has 0 N–H and O–H groups in total.